The fourth-order valence-corrected chi connectivity index (χ4v) is 8.76. The van der Waals surface area contributed by atoms with E-state index < -0.39 is 0 Å². The second-order valence-electron chi connectivity index (χ2n) is 15.3. The normalized spacial score (nSPS) is 11.5. The Balaban J connectivity index is 1.04. The minimum absolute atomic E-state index is 0.543. The molecule has 7 nitrogen and oxygen atoms in total. The van der Waals surface area contributed by atoms with Crippen molar-refractivity contribution in [1.29, 1.82) is 0 Å². The lowest BCUT2D eigenvalue weighted by Gasteiger charge is -2.12. The van der Waals surface area contributed by atoms with Crippen LogP contribution in [0.3, 0.4) is 0 Å². The molecule has 290 valence electrons. The van der Waals surface area contributed by atoms with Gasteiger partial charge in [0.05, 0.1) is 33.5 Å². The molecule has 0 aliphatic rings. The highest BCUT2D eigenvalue weighted by atomic mass is 15.2. The molecule has 7 heteroatoms. The zero-order chi connectivity index (χ0) is 41.0. The molecular weight excluding hydrogens is 759 g/mol. The first-order valence-corrected chi connectivity index (χ1v) is 20.7. The van der Waals surface area contributed by atoms with E-state index in [1.54, 1.807) is 0 Å². The number of hydrogen-bond donors (Lipinski definition) is 0. The van der Waals surface area contributed by atoms with E-state index in [9.17, 15) is 0 Å². The van der Waals surface area contributed by atoms with E-state index in [2.05, 4.69) is 155 Å². The summed E-state index contributed by atoms with van der Waals surface area (Å²) in [5.74, 6) is 2.34. The van der Waals surface area contributed by atoms with Crippen molar-refractivity contribution in [3.05, 3.63) is 212 Å². The van der Waals surface area contributed by atoms with Crippen LogP contribution in [0.2, 0.25) is 0 Å². The lowest BCUT2D eigenvalue weighted by Crippen LogP contribution is -2.06. The summed E-state index contributed by atoms with van der Waals surface area (Å²) < 4.78 is 4.55. The molecule has 12 rings (SSSR count). The number of hydrogen-bond acceptors (Lipinski definition) is 5. The highest BCUT2D eigenvalue weighted by Crippen LogP contribution is 2.42. The Labute approximate surface area is 356 Å². The molecule has 0 spiro atoms. The molecule has 4 aromatic heterocycles. The molecule has 8 aromatic carbocycles. The highest BCUT2D eigenvalue weighted by molar-refractivity contribution is 6.28. The average Bonchev–Trinajstić information content (AvgIpc) is 3.88. The molecule has 0 saturated heterocycles. The van der Waals surface area contributed by atoms with E-state index in [0.717, 1.165) is 77.7 Å². The van der Waals surface area contributed by atoms with Crippen LogP contribution < -0.4 is 0 Å². The van der Waals surface area contributed by atoms with Crippen molar-refractivity contribution in [3.63, 3.8) is 0 Å². The topological polar surface area (TPSA) is 74.3 Å². The Hall–Kier alpha value is -8.55. The van der Waals surface area contributed by atoms with Crippen molar-refractivity contribution < 1.29 is 0 Å². The third-order valence-corrected chi connectivity index (χ3v) is 11.6. The summed E-state index contributed by atoms with van der Waals surface area (Å²) in [5.41, 5.74) is 11.9. The summed E-state index contributed by atoms with van der Waals surface area (Å²) in [5, 5.41) is 4.67. The SMILES string of the molecule is c1ccc(-c2cc(-c3ccccc3)nc(-c3ccc(-c4nc(-c5ccccc5)nc(-n5c6ccccc6c6c7c8ccccc8n(-c8ccccc8)c7ccc65)n4)cc3)n2)cc1. The van der Waals surface area contributed by atoms with Crippen molar-refractivity contribution >= 4 is 43.6 Å². The number of rotatable bonds is 7. The third kappa shape index (κ3) is 5.94. The number of benzene rings is 8. The molecule has 0 aliphatic heterocycles. The smallest absolute Gasteiger partial charge is 0.238 e. The predicted octanol–water partition coefficient (Wildman–Crippen LogP) is 13.2. The van der Waals surface area contributed by atoms with Crippen LogP contribution in [0.5, 0.6) is 0 Å². The van der Waals surface area contributed by atoms with Crippen molar-refractivity contribution in [2.75, 3.05) is 0 Å². The maximum Gasteiger partial charge on any atom is 0.238 e. The summed E-state index contributed by atoms with van der Waals surface area (Å²) in [6, 6.07) is 73.1. The van der Waals surface area contributed by atoms with E-state index in [1.165, 1.54) is 10.8 Å². The first-order chi connectivity index (χ1) is 30.7. The van der Waals surface area contributed by atoms with Gasteiger partial charge in [-0.25, -0.2) is 15.0 Å². The van der Waals surface area contributed by atoms with Gasteiger partial charge in [-0.3, -0.25) is 4.57 Å². The van der Waals surface area contributed by atoms with Gasteiger partial charge in [-0.15, -0.1) is 0 Å². The van der Waals surface area contributed by atoms with Crippen LogP contribution in [0.15, 0.2) is 212 Å². The van der Waals surface area contributed by atoms with E-state index in [1.807, 2.05) is 66.7 Å². The Kier molecular flexibility index (Phi) is 8.35. The zero-order valence-electron chi connectivity index (χ0n) is 33.3. The molecule has 0 radical (unpaired) electrons. The Morgan fingerprint density at radius 2 is 0.661 bits per heavy atom. The maximum atomic E-state index is 5.28. The molecule has 0 aliphatic carbocycles. The van der Waals surface area contributed by atoms with Gasteiger partial charge in [-0.1, -0.05) is 170 Å². The molecule has 0 fully saturated rings. The molecule has 0 unspecified atom stereocenters. The van der Waals surface area contributed by atoms with Gasteiger partial charge in [-0.05, 0) is 42.5 Å². The summed E-state index contributed by atoms with van der Waals surface area (Å²) in [6.07, 6.45) is 0. The fourth-order valence-electron chi connectivity index (χ4n) is 8.76. The van der Waals surface area contributed by atoms with Gasteiger partial charge in [0.15, 0.2) is 17.5 Å². The van der Waals surface area contributed by atoms with Crippen molar-refractivity contribution in [3.8, 4) is 68.3 Å². The summed E-state index contributed by atoms with van der Waals surface area (Å²) >= 11 is 0. The van der Waals surface area contributed by atoms with E-state index in [-0.39, 0.29) is 0 Å². The van der Waals surface area contributed by atoms with Gasteiger partial charge in [0, 0.05) is 55.0 Å². The summed E-state index contributed by atoms with van der Waals surface area (Å²) in [4.78, 5) is 25.7. The average molecular weight is 794 g/mol. The molecule has 0 amide bonds. The monoisotopic (exact) mass is 793 g/mol. The van der Waals surface area contributed by atoms with Crippen LogP contribution >= 0.6 is 0 Å². The number of nitrogens with zero attached hydrogens (tertiary/aromatic N) is 7. The molecule has 12 aromatic rings. The van der Waals surface area contributed by atoms with Gasteiger partial charge in [0.2, 0.25) is 5.95 Å². The quantitative estimate of drug-likeness (QED) is 0.161. The molecular formula is C55H35N7. The zero-order valence-corrected chi connectivity index (χ0v) is 33.3. The van der Waals surface area contributed by atoms with Crippen LogP contribution in [0.25, 0.3) is 112 Å². The molecule has 0 bridgehead atoms. The summed E-state index contributed by atoms with van der Waals surface area (Å²) in [6.45, 7) is 0. The lowest BCUT2D eigenvalue weighted by atomic mass is 10.1. The first-order valence-electron chi connectivity index (χ1n) is 20.7. The van der Waals surface area contributed by atoms with E-state index >= 15 is 0 Å². The molecule has 0 N–H and O–H groups in total. The van der Waals surface area contributed by atoms with Crippen LogP contribution in [-0.2, 0) is 0 Å². The second-order valence-corrected chi connectivity index (χ2v) is 15.3. The minimum Gasteiger partial charge on any atom is -0.309 e. The van der Waals surface area contributed by atoms with Crippen molar-refractivity contribution in [2.24, 2.45) is 0 Å². The number of para-hydroxylation sites is 3. The van der Waals surface area contributed by atoms with Gasteiger partial charge >= 0.3 is 0 Å². The molecule has 0 atom stereocenters. The Morgan fingerprint density at radius 1 is 0.274 bits per heavy atom. The van der Waals surface area contributed by atoms with E-state index in [4.69, 9.17) is 24.9 Å². The largest absolute Gasteiger partial charge is 0.309 e. The molecule has 62 heavy (non-hydrogen) atoms. The van der Waals surface area contributed by atoms with Crippen LogP contribution in [-0.4, -0.2) is 34.1 Å². The Bertz CT molecular complexity index is 3540. The van der Waals surface area contributed by atoms with Gasteiger partial charge in [-0.2, -0.15) is 9.97 Å². The maximum absolute atomic E-state index is 5.28. The van der Waals surface area contributed by atoms with Crippen molar-refractivity contribution in [1.82, 2.24) is 34.1 Å². The summed E-state index contributed by atoms with van der Waals surface area (Å²) in [7, 11) is 0. The Morgan fingerprint density at radius 3 is 1.18 bits per heavy atom. The first kappa shape index (κ1) is 35.4. The minimum atomic E-state index is 0.543. The predicted molar refractivity (Wildman–Crippen MR) is 251 cm³/mol. The van der Waals surface area contributed by atoms with Gasteiger partial charge in [0.25, 0.3) is 0 Å². The van der Waals surface area contributed by atoms with Gasteiger partial charge in [0.1, 0.15) is 0 Å². The fraction of sp³-hybridized carbons (Fsp3) is 0. The van der Waals surface area contributed by atoms with Crippen LogP contribution in [0, 0.1) is 0 Å². The van der Waals surface area contributed by atoms with Crippen LogP contribution in [0.4, 0.5) is 0 Å². The standard InChI is InChI=1S/C55H35N7/c1-5-17-36(18-6-1)44-35-45(37-19-7-2-8-20-37)57-52(56-44)39-29-31-40(32-30-39)54-58-53(38-21-9-3-10-22-38)59-55(60-54)62-47-28-16-14-26-43(47)51-49(62)34-33-48-50(51)42-25-13-15-27-46(42)61(48)41-23-11-4-12-24-41/h1-35H. The van der Waals surface area contributed by atoms with Crippen molar-refractivity contribution in [2.45, 2.75) is 0 Å². The van der Waals surface area contributed by atoms with Gasteiger partial charge < -0.3 is 4.57 Å². The lowest BCUT2D eigenvalue weighted by molar-refractivity contribution is 0.953. The van der Waals surface area contributed by atoms with E-state index in [0.29, 0.717) is 23.4 Å². The highest BCUT2D eigenvalue weighted by Gasteiger charge is 2.23. The number of fused-ring (bicyclic) bond motifs is 7. The molecule has 4 heterocycles. The number of aromatic nitrogens is 7. The second kappa shape index (κ2) is 14.6. The molecule has 0 saturated carbocycles. The van der Waals surface area contributed by atoms with Crippen LogP contribution in [0.1, 0.15) is 0 Å². The third-order valence-electron chi connectivity index (χ3n) is 11.6.